The lowest BCUT2D eigenvalue weighted by atomic mass is 9.92. The van der Waals surface area contributed by atoms with Gasteiger partial charge in [0.1, 0.15) is 18.1 Å². The van der Waals surface area contributed by atoms with Crippen molar-refractivity contribution in [3.8, 4) is 0 Å². The van der Waals surface area contributed by atoms with E-state index in [9.17, 15) is 23.6 Å². The first-order valence-corrected chi connectivity index (χ1v) is 11.5. The lowest BCUT2D eigenvalue weighted by Crippen LogP contribution is -2.52. The lowest BCUT2D eigenvalue weighted by Gasteiger charge is -2.28. The Balaban J connectivity index is 1.41. The maximum atomic E-state index is 13.4. The highest BCUT2D eigenvalue weighted by atomic mass is 19.1. The quantitative estimate of drug-likeness (QED) is 0.597. The standard InChI is InChI=1S/C24H30FN3O4/c25-18-5-1-3-15(11-18)7-8-21(30)28-13-17-4-2-6-20(17)22(28)24(32)27-19(14-29)12-16-9-10-26-23(16)31/h1,3,5,11,14,16-17,19-20,22H,2,4,6-10,12-13H2,(H,26,31)(H,27,32). The zero-order valence-corrected chi connectivity index (χ0v) is 18.1. The number of carbonyl (C=O) groups excluding carboxylic acids is 4. The van der Waals surface area contributed by atoms with Crippen molar-refractivity contribution in [2.75, 3.05) is 13.1 Å². The van der Waals surface area contributed by atoms with Crippen LogP contribution in [0.4, 0.5) is 4.39 Å². The molecular weight excluding hydrogens is 413 g/mol. The van der Waals surface area contributed by atoms with Gasteiger partial charge in [0.05, 0.1) is 6.04 Å². The van der Waals surface area contributed by atoms with Crippen molar-refractivity contribution in [1.82, 2.24) is 15.5 Å². The molecule has 2 heterocycles. The highest BCUT2D eigenvalue weighted by Crippen LogP contribution is 2.42. The van der Waals surface area contributed by atoms with Gasteiger partial charge in [0.15, 0.2) is 0 Å². The number of hydrogen-bond acceptors (Lipinski definition) is 4. The summed E-state index contributed by atoms with van der Waals surface area (Å²) in [5, 5.41) is 5.55. The van der Waals surface area contributed by atoms with E-state index in [-0.39, 0.29) is 48.2 Å². The fraction of sp³-hybridized carbons (Fsp3) is 0.583. The molecule has 1 aromatic carbocycles. The number of aryl methyl sites for hydroxylation is 1. The van der Waals surface area contributed by atoms with Crippen LogP contribution in [0.15, 0.2) is 24.3 Å². The normalized spacial score (nSPS) is 27.7. The second-order valence-corrected chi connectivity index (χ2v) is 9.24. The van der Waals surface area contributed by atoms with Gasteiger partial charge in [-0.2, -0.15) is 0 Å². The van der Waals surface area contributed by atoms with Crippen molar-refractivity contribution in [3.63, 3.8) is 0 Å². The molecule has 1 aromatic rings. The van der Waals surface area contributed by atoms with Crippen molar-refractivity contribution >= 4 is 24.0 Å². The van der Waals surface area contributed by atoms with Gasteiger partial charge in [-0.1, -0.05) is 18.6 Å². The van der Waals surface area contributed by atoms with E-state index in [2.05, 4.69) is 10.6 Å². The number of aldehydes is 1. The Hall–Kier alpha value is -2.77. The summed E-state index contributed by atoms with van der Waals surface area (Å²) in [6.07, 6.45) is 5.11. The molecule has 1 aliphatic carbocycles. The van der Waals surface area contributed by atoms with E-state index in [1.807, 2.05) is 0 Å². The molecule has 32 heavy (non-hydrogen) atoms. The third-order valence-corrected chi connectivity index (χ3v) is 7.19. The predicted molar refractivity (Wildman–Crippen MR) is 115 cm³/mol. The van der Waals surface area contributed by atoms with E-state index in [1.54, 1.807) is 17.0 Å². The third kappa shape index (κ3) is 4.84. The van der Waals surface area contributed by atoms with Gasteiger partial charge in [0, 0.05) is 25.4 Å². The summed E-state index contributed by atoms with van der Waals surface area (Å²) in [5.74, 6) is -0.752. The molecule has 172 valence electrons. The van der Waals surface area contributed by atoms with Gasteiger partial charge in [0.25, 0.3) is 0 Å². The van der Waals surface area contributed by atoms with E-state index < -0.39 is 12.1 Å². The van der Waals surface area contributed by atoms with Crippen LogP contribution in [0.2, 0.25) is 0 Å². The molecule has 0 spiro atoms. The minimum atomic E-state index is -0.749. The monoisotopic (exact) mass is 443 g/mol. The van der Waals surface area contributed by atoms with Crippen LogP contribution in [0.3, 0.4) is 0 Å². The Bertz CT molecular complexity index is 892. The van der Waals surface area contributed by atoms with Crippen LogP contribution in [0.1, 0.15) is 44.1 Å². The van der Waals surface area contributed by atoms with Gasteiger partial charge in [-0.3, -0.25) is 14.4 Å². The van der Waals surface area contributed by atoms with Crippen molar-refractivity contribution < 1.29 is 23.6 Å². The summed E-state index contributed by atoms with van der Waals surface area (Å²) in [6, 6.07) is 4.85. The SMILES string of the molecule is O=CC(CC1CCNC1=O)NC(=O)C1C2CCCC2CN1C(=O)CCc1cccc(F)c1. The van der Waals surface area contributed by atoms with Crippen LogP contribution in [0.25, 0.3) is 0 Å². The first kappa shape index (κ1) is 22.4. The van der Waals surface area contributed by atoms with E-state index in [1.165, 1.54) is 12.1 Å². The van der Waals surface area contributed by atoms with E-state index in [4.69, 9.17) is 0 Å². The number of halogens is 1. The highest BCUT2D eigenvalue weighted by Gasteiger charge is 2.49. The third-order valence-electron chi connectivity index (χ3n) is 7.19. The Labute approximate surface area is 187 Å². The Morgan fingerprint density at radius 3 is 2.84 bits per heavy atom. The van der Waals surface area contributed by atoms with Crippen molar-refractivity contribution in [2.24, 2.45) is 17.8 Å². The number of carbonyl (C=O) groups is 4. The number of rotatable bonds is 8. The highest BCUT2D eigenvalue weighted by molar-refractivity contribution is 5.90. The van der Waals surface area contributed by atoms with Crippen LogP contribution in [-0.2, 0) is 25.6 Å². The fourth-order valence-electron chi connectivity index (χ4n) is 5.58. The van der Waals surface area contributed by atoms with Gasteiger partial charge in [-0.15, -0.1) is 0 Å². The molecule has 5 unspecified atom stereocenters. The molecule has 0 bridgehead atoms. The minimum absolute atomic E-state index is 0.0861. The van der Waals surface area contributed by atoms with Gasteiger partial charge >= 0.3 is 0 Å². The van der Waals surface area contributed by atoms with Crippen molar-refractivity contribution in [2.45, 2.75) is 57.0 Å². The maximum absolute atomic E-state index is 13.4. The van der Waals surface area contributed by atoms with Crippen LogP contribution < -0.4 is 10.6 Å². The largest absolute Gasteiger partial charge is 0.356 e. The van der Waals surface area contributed by atoms with E-state index in [0.29, 0.717) is 38.1 Å². The molecule has 4 rings (SSSR count). The molecule has 2 N–H and O–H groups in total. The second-order valence-electron chi connectivity index (χ2n) is 9.24. The number of amides is 3. The molecule has 2 saturated heterocycles. The smallest absolute Gasteiger partial charge is 0.243 e. The van der Waals surface area contributed by atoms with Gasteiger partial charge < -0.3 is 20.3 Å². The molecule has 7 nitrogen and oxygen atoms in total. The summed E-state index contributed by atoms with van der Waals surface area (Å²) in [7, 11) is 0. The molecule has 0 radical (unpaired) electrons. The molecular formula is C24H30FN3O4. The number of nitrogens with zero attached hydrogens (tertiary/aromatic N) is 1. The second kappa shape index (κ2) is 9.79. The van der Waals surface area contributed by atoms with Gasteiger partial charge in [0.2, 0.25) is 17.7 Å². The topological polar surface area (TPSA) is 95.6 Å². The summed E-state index contributed by atoms with van der Waals surface area (Å²) >= 11 is 0. The molecule has 8 heteroatoms. The Morgan fingerprint density at radius 1 is 1.28 bits per heavy atom. The number of fused-ring (bicyclic) bond motifs is 1. The number of benzene rings is 1. The lowest BCUT2D eigenvalue weighted by molar-refractivity contribution is -0.140. The average molecular weight is 444 g/mol. The van der Waals surface area contributed by atoms with Crippen LogP contribution in [0, 0.1) is 23.6 Å². The number of hydrogen-bond donors (Lipinski definition) is 2. The van der Waals surface area contributed by atoms with Crippen molar-refractivity contribution in [3.05, 3.63) is 35.6 Å². The van der Waals surface area contributed by atoms with Crippen LogP contribution in [-0.4, -0.2) is 54.1 Å². The van der Waals surface area contributed by atoms with E-state index in [0.717, 1.165) is 24.8 Å². The summed E-state index contributed by atoms with van der Waals surface area (Å²) < 4.78 is 13.4. The van der Waals surface area contributed by atoms with Crippen molar-refractivity contribution in [1.29, 1.82) is 0 Å². The zero-order valence-electron chi connectivity index (χ0n) is 18.1. The van der Waals surface area contributed by atoms with Crippen LogP contribution >= 0.6 is 0 Å². The Kier molecular flexibility index (Phi) is 6.86. The molecule has 1 saturated carbocycles. The van der Waals surface area contributed by atoms with Gasteiger partial charge in [-0.05, 0) is 61.6 Å². The van der Waals surface area contributed by atoms with Crippen LogP contribution in [0.5, 0.6) is 0 Å². The summed E-state index contributed by atoms with van der Waals surface area (Å²) in [5.41, 5.74) is 0.745. The fourth-order valence-corrected chi connectivity index (χ4v) is 5.58. The number of nitrogens with one attached hydrogen (secondary N) is 2. The number of likely N-dealkylation sites (tertiary alicyclic amines) is 1. The summed E-state index contributed by atoms with van der Waals surface area (Å²) in [4.78, 5) is 51.4. The molecule has 3 aliphatic rings. The minimum Gasteiger partial charge on any atom is -0.356 e. The molecule has 3 amide bonds. The Morgan fingerprint density at radius 2 is 2.12 bits per heavy atom. The molecule has 3 fully saturated rings. The molecule has 5 atom stereocenters. The predicted octanol–water partition coefficient (Wildman–Crippen LogP) is 1.60. The maximum Gasteiger partial charge on any atom is 0.243 e. The average Bonchev–Trinajstić information content (AvgIpc) is 3.47. The van der Waals surface area contributed by atoms with Gasteiger partial charge in [-0.25, -0.2) is 4.39 Å². The molecule has 2 aliphatic heterocycles. The zero-order chi connectivity index (χ0) is 22.7. The summed E-state index contributed by atoms with van der Waals surface area (Å²) in [6.45, 7) is 1.13. The molecule has 0 aromatic heterocycles. The first-order valence-electron chi connectivity index (χ1n) is 11.5. The van der Waals surface area contributed by atoms with E-state index >= 15 is 0 Å². The first-order chi connectivity index (χ1) is 15.5.